The van der Waals surface area contributed by atoms with Crippen LogP contribution in [0.25, 0.3) is 0 Å². The van der Waals surface area contributed by atoms with Gasteiger partial charge in [0.25, 0.3) is 0 Å². The van der Waals surface area contributed by atoms with Crippen LogP contribution in [-0.4, -0.2) is 40.1 Å². The molecule has 9 nitrogen and oxygen atoms in total. The Morgan fingerprint density at radius 3 is 2.93 bits per heavy atom. The lowest BCUT2D eigenvalue weighted by Gasteiger charge is -2.26. The number of fused-ring (bicyclic) bond motifs is 1. The number of ether oxygens (including phenoxy) is 2. The molecule has 0 spiro atoms. The van der Waals surface area contributed by atoms with Crippen molar-refractivity contribution in [3.05, 3.63) is 28.2 Å². The van der Waals surface area contributed by atoms with E-state index in [1.54, 1.807) is 13.2 Å². The minimum absolute atomic E-state index is 0.00383. The highest BCUT2D eigenvalue weighted by atomic mass is 16.7. The van der Waals surface area contributed by atoms with Crippen LogP contribution in [0.3, 0.4) is 0 Å². The Labute approximate surface area is 158 Å². The van der Waals surface area contributed by atoms with Crippen LogP contribution in [-0.2, 0) is 27.6 Å². The van der Waals surface area contributed by atoms with Crippen LogP contribution in [0.5, 0.6) is 5.75 Å². The van der Waals surface area contributed by atoms with Crippen molar-refractivity contribution in [1.82, 2.24) is 9.99 Å². The van der Waals surface area contributed by atoms with Crippen LogP contribution in [0.4, 0.5) is 0 Å². The largest absolute Gasteiger partial charge is 0.569 e. The molecule has 1 saturated carbocycles. The van der Waals surface area contributed by atoms with Crippen molar-refractivity contribution < 1.29 is 24.1 Å². The second kappa shape index (κ2) is 7.30. The van der Waals surface area contributed by atoms with Crippen LogP contribution in [0, 0.1) is 24.0 Å². The zero-order valence-corrected chi connectivity index (χ0v) is 16.4. The quantitative estimate of drug-likeness (QED) is 0.324. The number of hydrazine groups is 1. The molecule has 148 valence electrons. The Kier molecular flexibility index (Phi) is 5.23. The topological polar surface area (TPSA) is 99.3 Å². The van der Waals surface area contributed by atoms with Gasteiger partial charge >= 0.3 is 5.97 Å². The lowest BCUT2D eigenvalue weighted by atomic mass is 10.1. The normalized spacial score (nSPS) is 21.6. The number of carbonyl (C=O) groups is 1. The minimum Gasteiger partial charge on any atom is -0.569 e. The first kappa shape index (κ1) is 19.3. The van der Waals surface area contributed by atoms with Crippen LogP contribution in [0.2, 0.25) is 0 Å². The van der Waals surface area contributed by atoms with Crippen molar-refractivity contribution in [3.63, 3.8) is 0 Å². The summed E-state index contributed by atoms with van der Waals surface area (Å²) < 4.78 is 11.0. The van der Waals surface area contributed by atoms with E-state index in [9.17, 15) is 10.0 Å². The molecule has 2 atom stereocenters. The van der Waals surface area contributed by atoms with Crippen LogP contribution in [0.1, 0.15) is 44.0 Å². The van der Waals surface area contributed by atoms with Crippen molar-refractivity contribution in [1.29, 1.82) is 0 Å². The molecule has 2 heterocycles. The van der Waals surface area contributed by atoms with Gasteiger partial charge in [0.2, 0.25) is 5.28 Å². The van der Waals surface area contributed by atoms with Gasteiger partial charge in [-0.25, -0.2) is 0 Å². The van der Waals surface area contributed by atoms with Gasteiger partial charge in [0.05, 0.1) is 42.4 Å². The molecule has 27 heavy (non-hydrogen) atoms. The van der Waals surface area contributed by atoms with E-state index in [1.165, 1.54) is 5.01 Å². The van der Waals surface area contributed by atoms with Gasteiger partial charge in [0.1, 0.15) is 6.61 Å². The first-order chi connectivity index (χ1) is 12.7. The van der Waals surface area contributed by atoms with Gasteiger partial charge in [-0.3, -0.25) is 9.78 Å². The molecule has 2 aliphatic rings. The smallest absolute Gasteiger partial charge is 0.314 e. The summed E-state index contributed by atoms with van der Waals surface area (Å²) in [6.07, 6.45) is 2.41. The zero-order chi connectivity index (χ0) is 19.8. The Bertz CT molecular complexity index is 759. The number of aryl methyl sites for hydroxylation is 1. The summed E-state index contributed by atoms with van der Waals surface area (Å²) in [7, 11) is 1.63. The van der Waals surface area contributed by atoms with Gasteiger partial charge in [0, 0.05) is 23.2 Å². The van der Waals surface area contributed by atoms with Gasteiger partial charge in [-0.2, -0.15) is 0 Å². The SMILES string of the molecule is Cc1ncc2c(c1OC(=O)C1CC1CON=[N+]([O-])N(C)C(C)(C)C)COC2. The van der Waals surface area contributed by atoms with Crippen molar-refractivity contribution in [2.24, 2.45) is 17.1 Å². The summed E-state index contributed by atoms with van der Waals surface area (Å²) in [4.78, 5) is 22.2. The van der Waals surface area contributed by atoms with Crippen LogP contribution >= 0.6 is 0 Å². The van der Waals surface area contributed by atoms with Gasteiger partial charge in [-0.1, -0.05) is 0 Å². The average Bonchev–Trinajstić information content (AvgIpc) is 3.21. The predicted octanol–water partition coefficient (Wildman–Crippen LogP) is 2.50. The van der Waals surface area contributed by atoms with E-state index in [0.717, 1.165) is 11.1 Å². The fraction of sp³-hybridized carbons (Fsp3) is 0.667. The molecule has 0 saturated heterocycles. The molecule has 1 aliphatic heterocycles. The Hall–Kier alpha value is -2.42. The highest BCUT2D eigenvalue weighted by Gasteiger charge is 2.46. The number of nitrogens with zero attached hydrogens (tertiary/aromatic N) is 4. The number of hydrogen-bond acceptors (Lipinski definition) is 7. The monoisotopic (exact) mass is 378 g/mol. The maximum Gasteiger partial charge on any atom is 0.314 e. The fourth-order valence-electron chi connectivity index (χ4n) is 2.74. The highest BCUT2D eigenvalue weighted by molar-refractivity contribution is 5.78. The van der Waals surface area contributed by atoms with Crippen molar-refractivity contribution in [2.75, 3.05) is 13.7 Å². The van der Waals surface area contributed by atoms with Crippen molar-refractivity contribution >= 4 is 5.97 Å². The maximum absolute atomic E-state index is 12.4. The highest BCUT2D eigenvalue weighted by Crippen LogP contribution is 2.41. The Balaban J connectivity index is 1.51. The number of hydrogen-bond donors (Lipinski definition) is 0. The number of esters is 1. The predicted molar refractivity (Wildman–Crippen MR) is 94.2 cm³/mol. The molecule has 9 heteroatoms. The number of rotatable bonds is 6. The summed E-state index contributed by atoms with van der Waals surface area (Å²) in [5, 5.41) is 16.8. The standard InChI is InChI=1S/C18H26N4O5/c1-11-16(15-10-25-8-13(15)7-19-11)27-17(23)14-6-12(14)9-26-20-22(24)21(5)18(2,3)4/h7,12,14H,6,8-10H2,1-5H3. The summed E-state index contributed by atoms with van der Waals surface area (Å²) in [5.41, 5.74) is 2.15. The molecular weight excluding hydrogens is 352 g/mol. The van der Waals surface area contributed by atoms with Gasteiger partial charge in [0.15, 0.2) is 5.75 Å². The first-order valence-electron chi connectivity index (χ1n) is 8.99. The van der Waals surface area contributed by atoms with E-state index in [-0.39, 0.29) is 30.0 Å². The van der Waals surface area contributed by atoms with Crippen molar-refractivity contribution in [2.45, 2.75) is 52.9 Å². The first-order valence-corrected chi connectivity index (χ1v) is 8.99. The molecular formula is C18H26N4O5. The fourth-order valence-corrected chi connectivity index (χ4v) is 2.74. The molecule has 1 aliphatic carbocycles. The zero-order valence-electron chi connectivity index (χ0n) is 16.4. The second-order valence-electron chi connectivity index (χ2n) is 8.02. The number of aromatic nitrogens is 1. The molecule has 1 fully saturated rings. The molecule has 0 bridgehead atoms. The maximum atomic E-state index is 12.4. The van der Waals surface area contributed by atoms with Crippen molar-refractivity contribution in [3.8, 4) is 5.75 Å². The summed E-state index contributed by atoms with van der Waals surface area (Å²) in [5.74, 6) is -0.0579. The summed E-state index contributed by atoms with van der Waals surface area (Å²) in [6, 6.07) is 0. The van der Waals surface area contributed by atoms with E-state index < -0.39 is 0 Å². The van der Waals surface area contributed by atoms with E-state index in [0.29, 0.717) is 36.0 Å². The molecule has 0 N–H and O–H groups in total. The third kappa shape index (κ3) is 4.29. The molecule has 0 aromatic carbocycles. The second-order valence-corrected chi connectivity index (χ2v) is 8.02. The van der Waals surface area contributed by atoms with E-state index in [4.69, 9.17) is 14.3 Å². The van der Waals surface area contributed by atoms with Gasteiger partial charge in [-0.05, 0) is 34.1 Å². The minimum atomic E-state index is -0.369. The average molecular weight is 378 g/mol. The van der Waals surface area contributed by atoms with Crippen LogP contribution < -0.4 is 4.74 Å². The molecule has 0 amide bonds. The summed E-state index contributed by atoms with van der Waals surface area (Å²) in [6.45, 7) is 8.60. The molecule has 3 rings (SSSR count). The van der Waals surface area contributed by atoms with Gasteiger partial charge in [-0.15, -0.1) is 5.01 Å². The molecule has 1 aromatic rings. The van der Waals surface area contributed by atoms with E-state index >= 15 is 0 Å². The number of carbonyl (C=O) groups excluding carboxylic acids is 1. The third-order valence-corrected chi connectivity index (χ3v) is 4.98. The summed E-state index contributed by atoms with van der Waals surface area (Å²) >= 11 is 0. The molecule has 1 aromatic heterocycles. The van der Waals surface area contributed by atoms with E-state index in [2.05, 4.69) is 10.3 Å². The molecule has 0 radical (unpaired) electrons. The Morgan fingerprint density at radius 1 is 1.48 bits per heavy atom. The van der Waals surface area contributed by atoms with Gasteiger partial charge < -0.3 is 19.5 Å². The third-order valence-electron chi connectivity index (χ3n) is 4.98. The Morgan fingerprint density at radius 2 is 2.22 bits per heavy atom. The van der Waals surface area contributed by atoms with E-state index in [1.807, 2.05) is 27.7 Å². The molecule has 2 unspecified atom stereocenters. The lowest BCUT2D eigenvalue weighted by Crippen LogP contribution is -2.42. The number of pyridine rings is 1. The lowest BCUT2D eigenvalue weighted by molar-refractivity contribution is -0.719. The van der Waals surface area contributed by atoms with Crippen LogP contribution in [0.15, 0.2) is 11.5 Å².